The van der Waals surface area contributed by atoms with E-state index in [1.807, 2.05) is 32.0 Å². The van der Waals surface area contributed by atoms with Crippen molar-refractivity contribution in [1.82, 2.24) is 0 Å². The summed E-state index contributed by atoms with van der Waals surface area (Å²) in [6, 6.07) is 9.29. The van der Waals surface area contributed by atoms with Crippen LogP contribution in [-0.2, 0) is 4.79 Å². The predicted octanol–water partition coefficient (Wildman–Crippen LogP) is 3.66. The standard InChI is InChI=1S/C17H18F2N2O/c1-11-4-7-16(12(2)8-11)20-17(22)10-21(3)13-5-6-14(18)15(19)9-13/h4-9H,10H2,1-3H3,(H,20,22). The first kappa shape index (κ1) is 15.9. The number of rotatable bonds is 4. The second-order valence-corrected chi connectivity index (χ2v) is 5.32. The zero-order chi connectivity index (χ0) is 16.3. The molecule has 5 heteroatoms. The predicted molar refractivity (Wildman–Crippen MR) is 84.2 cm³/mol. The van der Waals surface area contributed by atoms with Crippen LogP contribution in [0.15, 0.2) is 36.4 Å². The van der Waals surface area contributed by atoms with Crippen LogP contribution in [0.2, 0.25) is 0 Å². The van der Waals surface area contributed by atoms with Crippen LogP contribution >= 0.6 is 0 Å². The molecule has 2 aromatic carbocycles. The van der Waals surface area contributed by atoms with E-state index < -0.39 is 11.6 Å². The Morgan fingerprint density at radius 3 is 2.45 bits per heavy atom. The van der Waals surface area contributed by atoms with Gasteiger partial charge in [0.15, 0.2) is 11.6 Å². The van der Waals surface area contributed by atoms with E-state index in [-0.39, 0.29) is 12.5 Å². The molecule has 1 N–H and O–H groups in total. The summed E-state index contributed by atoms with van der Waals surface area (Å²) >= 11 is 0. The number of carbonyl (C=O) groups excluding carboxylic acids is 1. The van der Waals surface area contributed by atoms with Gasteiger partial charge in [0.1, 0.15) is 0 Å². The summed E-state index contributed by atoms with van der Waals surface area (Å²) in [5.74, 6) is -2.06. The average Bonchev–Trinajstić information content (AvgIpc) is 2.45. The molecule has 22 heavy (non-hydrogen) atoms. The number of nitrogens with one attached hydrogen (secondary N) is 1. The Kier molecular flexibility index (Phi) is 4.75. The molecule has 0 unspecified atom stereocenters. The second kappa shape index (κ2) is 6.56. The van der Waals surface area contributed by atoms with Gasteiger partial charge in [0.2, 0.25) is 5.91 Å². The van der Waals surface area contributed by atoms with Gasteiger partial charge >= 0.3 is 0 Å². The van der Waals surface area contributed by atoms with Crippen LogP contribution in [0, 0.1) is 25.5 Å². The van der Waals surface area contributed by atoms with Gasteiger partial charge in [-0.05, 0) is 37.6 Å². The zero-order valence-corrected chi connectivity index (χ0v) is 12.8. The Hall–Kier alpha value is -2.43. The van der Waals surface area contributed by atoms with Gasteiger partial charge in [-0.3, -0.25) is 4.79 Å². The number of carbonyl (C=O) groups is 1. The minimum Gasteiger partial charge on any atom is -0.365 e. The van der Waals surface area contributed by atoms with E-state index in [1.54, 1.807) is 11.9 Å². The summed E-state index contributed by atoms with van der Waals surface area (Å²) < 4.78 is 26.1. The summed E-state index contributed by atoms with van der Waals surface area (Å²) in [5, 5.41) is 2.82. The first-order chi connectivity index (χ1) is 10.4. The Morgan fingerprint density at radius 1 is 1.09 bits per heavy atom. The Balaban J connectivity index is 2.03. The van der Waals surface area contributed by atoms with E-state index in [4.69, 9.17) is 0 Å². The van der Waals surface area contributed by atoms with Crippen molar-refractivity contribution < 1.29 is 13.6 Å². The van der Waals surface area contributed by atoms with E-state index in [0.29, 0.717) is 5.69 Å². The molecule has 116 valence electrons. The number of nitrogens with zero attached hydrogens (tertiary/aromatic N) is 1. The fourth-order valence-corrected chi connectivity index (χ4v) is 2.17. The number of hydrogen-bond acceptors (Lipinski definition) is 2. The number of hydrogen-bond donors (Lipinski definition) is 1. The molecule has 0 fully saturated rings. The van der Waals surface area contributed by atoms with Gasteiger partial charge in [0.05, 0.1) is 6.54 Å². The number of amides is 1. The van der Waals surface area contributed by atoms with Gasteiger partial charge < -0.3 is 10.2 Å². The summed E-state index contributed by atoms with van der Waals surface area (Å²) in [6.07, 6.45) is 0. The Morgan fingerprint density at radius 2 is 1.82 bits per heavy atom. The molecule has 0 spiro atoms. The number of likely N-dealkylation sites (N-methyl/N-ethyl adjacent to an activating group) is 1. The second-order valence-electron chi connectivity index (χ2n) is 5.32. The largest absolute Gasteiger partial charge is 0.365 e. The molecule has 2 rings (SSSR count). The maximum atomic E-state index is 13.2. The molecule has 0 radical (unpaired) electrons. The normalized spacial score (nSPS) is 10.4. The summed E-state index contributed by atoms with van der Waals surface area (Å²) in [5.41, 5.74) is 3.28. The van der Waals surface area contributed by atoms with Crippen molar-refractivity contribution in [1.29, 1.82) is 0 Å². The van der Waals surface area contributed by atoms with Crippen molar-refractivity contribution in [2.45, 2.75) is 13.8 Å². The monoisotopic (exact) mass is 304 g/mol. The van der Waals surface area contributed by atoms with E-state index in [1.165, 1.54) is 6.07 Å². The molecule has 0 heterocycles. The van der Waals surface area contributed by atoms with E-state index >= 15 is 0 Å². The van der Waals surface area contributed by atoms with Crippen molar-refractivity contribution in [3.63, 3.8) is 0 Å². The van der Waals surface area contributed by atoms with Crippen molar-refractivity contribution >= 4 is 17.3 Å². The maximum Gasteiger partial charge on any atom is 0.243 e. The number of benzene rings is 2. The van der Waals surface area contributed by atoms with Crippen molar-refractivity contribution in [2.24, 2.45) is 0 Å². The van der Waals surface area contributed by atoms with Crippen molar-refractivity contribution in [3.05, 3.63) is 59.2 Å². The van der Waals surface area contributed by atoms with Gasteiger partial charge in [0.25, 0.3) is 0 Å². The summed E-state index contributed by atoms with van der Waals surface area (Å²) in [4.78, 5) is 13.6. The molecule has 0 aliphatic carbocycles. The minimum absolute atomic E-state index is 0.0401. The molecular weight excluding hydrogens is 286 g/mol. The molecule has 0 saturated heterocycles. The highest BCUT2D eigenvalue weighted by atomic mass is 19.2. The molecule has 0 atom stereocenters. The Bertz CT molecular complexity index is 701. The summed E-state index contributed by atoms with van der Waals surface area (Å²) in [7, 11) is 1.65. The van der Waals surface area contributed by atoms with E-state index in [2.05, 4.69) is 5.32 Å². The van der Waals surface area contributed by atoms with Crippen LogP contribution < -0.4 is 10.2 Å². The lowest BCUT2D eigenvalue weighted by Crippen LogP contribution is -2.30. The van der Waals surface area contributed by atoms with Gasteiger partial charge in [-0.2, -0.15) is 0 Å². The van der Waals surface area contributed by atoms with E-state index in [9.17, 15) is 13.6 Å². The first-order valence-electron chi connectivity index (χ1n) is 6.90. The molecule has 0 aliphatic heterocycles. The minimum atomic E-state index is -0.931. The smallest absolute Gasteiger partial charge is 0.243 e. The lowest BCUT2D eigenvalue weighted by Gasteiger charge is -2.19. The highest BCUT2D eigenvalue weighted by Crippen LogP contribution is 2.18. The SMILES string of the molecule is Cc1ccc(NC(=O)CN(C)c2ccc(F)c(F)c2)c(C)c1. The van der Waals surface area contributed by atoms with Gasteiger partial charge in [-0.1, -0.05) is 17.7 Å². The number of aryl methyl sites for hydroxylation is 2. The van der Waals surface area contributed by atoms with Gasteiger partial charge in [0, 0.05) is 24.5 Å². The third kappa shape index (κ3) is 3.81. The topological polar surface area (TPSA) is 32.3 Å². The lowest BCUT2D eigenvalue weighted by atomic mass is 10.1. The van der Waals surface area contributed by atoms with Crippen LogP contribution in [-0.4, -0.2) is 19.5 Å². The molecule has 1 amide bonds. The highest BCUT2D eigenvalue weighted by molar-refractivity contribution is 5.94. The highest BCUT2D eigenvalue weighted by Gasteiger charge is 2.11. The summed E-state index contributed by atoms with van der Waals surface area (Å²) in [6.45, 7) is 3.94. The molecule has 0 aliphatic rings. The fourth-order valence-electron chi connectivity index (χ4n) is 2.17. The van der Waals surface area contributed by atoms with Crippen LogP contribution in [0.25, 0.3) is 0 Å². The van der Waals surface area contributed by atoms with Crippen molar-refractivity contribution in [3.8, 4) is 0 Å². The first-order valence-corrected chi connectivity index (χ1v) is 6.90. The molecular formula is C17H18F2N2O. The van der Waals surface area contributed by atoms with Crippen LogP contribution in [0.4, 0.5) is 20.2 Å². The maximum absolute atomic E-state index is 13.2. The zero-order valence-electron chi connectivity index (χ0n) is 12.8. The van der Waals surface area contributed by atoms with Crippen LogP contribution in [0.3, 0.4) is 0 Å². The Labute approximate surface area is 128 Å². The average molecular weight is 304 g/mol. The molecule has 3 nitrogen and oxygen atoms in total. The molecule has 0 bridgehead atoms. The quantitative estimate of drug-likeness (QED) is 0.935. The molecule has 0 aromatic heterocycles. The van der Waals surface area contributed by atoms with Gasteiger partial charge in [-0.15, -0.1) is 0 Å². The molecule has 0 saturated carbocycles. The van der Waals surface area contributed by atoms with Crippen LogP contribution in [0.1, 0.15) is 11.1 Å². The number of anilines is 2. The third-order valence-electron chi connectivity index (χ3n) is 3.38. The lowest BCUT2D eigenvalue weighted by molar-refractivity contribution is -0.114. The fraction of sp³-hybridized carbons (Fsp3) is 0.235. The third-order valence-corrected chi connectivity index (χ3v) is 3.38. The van der Waals surface area contributed by atoms with Crippen molar-refractivity contribution in [2.75, 3.05) is 23.8 Å². The molecule has 2 aromatic rings. The van der Waals surface area contributed by atoms with E-state index in [0.717, 1.165) is 28.9 Å². The number of halogens is 2. The van der Waals surface area contributed by atoms with Crippen LogP contribution in [0.5, 0.6) is 0 Å². The van der Waals surface area contributed by atoms with Gasteiger partial charge in [-0.25, -0.2) is 8.78 Å².